The van der Waals surface area contributed by atoms with Gasteiger partial charge in [-0.15, -0.1) is 0 Å². The molecule has 0 radical (unpaired) electrons. The van der Waals surface area contributed by atoms with E-state index in [0.717, 1.165) is 0 Å². The number of nitrogens with one attached hydrogen (secondary N) is 1. The Morgan fingerprint density at radius 1 is 1.30 bits per heavy atom. The summed E-state index contributed by atoms with van der Waals surface area (Å²) in [4.78, 5) is 22.6. The number of nitro benzene ring substituents is 1. The molecule has 0 aliphatic rings. The summed E-state index contributed by atoms with van der Waals surface area (Å²) in [5.41, 5.74) is -1.16. The highest BCUT2D eigenvalue weighted by molar-refractivity contribution is 6.31. The maximum absolute atomic E-state index is 12.2. The first-order chi connectivity index (χ1) is 10.8. The number of rotatable bonds is 5. The van der Waals surface area contributed by atoms with Gasteiger partial charge in [-0.1, -0.05) is 41.9 Å². The molecule has 1 unspecified atom stereocenters. The van der Waals surface area contributed by atoms with Crippen LogP contribution in [0.2, 0.25) is 5.02 Å². The molecule has 2 rings (SSSR count). The van der Waals surface area contributed by atoms with Gasteiger partial charge in [0.15, 0.2) is 0 Å². The number of benzene rings is 2. The van der Waals surface area contributed by atoms with E-state index < -0.39 is 16.4 Å². The van der Waals surface area contributed by atoms with Crippen LogP contribution < -0.4 is 5.32 Å². The summed E-state index contributed by atoms with van der Waals surface area (Å²) in [6, 6.07) is 12.6. The Labute approximate surface area is 137 Å². The van der Waals surface area contributed by atoms with E-state index in [4.69, 9.17) is 11.6 Å². The van der Waals surface area contributed by atoms with E-state index in [1.54, 1.807) is 31.2 Å². The third-order valence-electron chi connectivity index (χ3n) is 3.39. The van der Waals surface area contributed by atoms with Gasteiger partial charge in [0.1, 0.15) is 11.2 Å². The highest BCUT2D eigenvalue weighted by atomic mass is 35.5. The number of nitro groups is 1. The first kappa shape index (κ1) is 16.9. The molecule has 1 atom stereocenters. The normalized spacial score (nSPS) is 13.2. The van der Waals surface area contributed by atoms with Gasteiger partial charge in [0.2, 0.25) is 0 Å². The monoisotopic (exact) mass is 334 g/mol. The van der Waals surface area contributed by atoms with Crippen LogP contribution in [-0.4, -0.2) is 22.5 Å². The molecule has 7 heteroatoms. The quantitative estimate of drug-likeness (QED) is 0.649. The van der Waals surface area contributed by atoms with Gasteiger partial charge in [-0.2, -0.15) is 0 Å². The highest BCUT2D eigenvalue weighted by Crippen LogP contribution is 2.23. The Morgan fingerprint density at radius 2 is 1.96 bits per heavy atom. The molecule has 0 saturated carbocycles. The van der Waals surface area contributed by atoms with Crippen molar-refractivity contribution in [2.75, 3.05) is 6.54 Å². The Bertz CT molecular complexity index is 732. The Balaban J connectivity index is 2.17. The second-order valence-electron chi connectivity index (χ2n) is 5.24. The van der Waals surface area contributed by atoms with Gasteiger partial charge in [-0.25, -0.2) is 0 Å². The van der Waals surface area contributed by atoms with Gasteiger partial charge in [0.05, 0.1) is 11.5 Å². The molecular weight excluding hydrogens is 320 g/mol. The first-order valence-corrected chi connectivity index (χ1v) is 7.19. The van der Waals surface area contributed by atoms with E-state index in [1.807, 2.05) is 6.07 Å². The van der Waals surface area contributed by atoms with Gasteiger partial charge in [-0.3, -0.25) is 14.9 Å². The summed E-state index contributed by atoms with van der Waals surface area (Å²) in [6.07, 6.45) is 0. The lowest BCUT2D eigenvalue weighted by molar-refractivity contribution is -0.385. The van der Waals surface area contributed by atoms with Crippen molar-refractivity contribution in [3.63, 3.8) is 0 Å². The molecule has 0 fully saturated rings. The maximum atomic E-state index is 12.2. The zero-order valence-electron chi connectivity index (χ0n) is 12.3. The fourth-order valence-corrected chi connectivity index (χ4v) is 2.27. The summed E-state index contributed by atoms with van der Waals surface area (Å²) in [5, 5.41) is 24.2. The molecule has 2 N–H and O–H groups in total. The van der Waals surface area contributed by atoms with Crippen LogP contribution in [0.3, 0.4) is 0 Å². The van der Waals surface area contributed by atoms with Gasteiger partial charge in [0, 0.05) is 11.1 Å². The van der Waals surface area contributed by atoms with Crippen LogP contribution in [-0.2, 0) is 5.60 Å². The van der Waals surface area contributed by atoms with E-state index in [-0.39, 0.29) is 22.8 Å². The summed E-state index contributed by atoms with van der Waals surface area (Å²) in [5.74, 6) is -0.671. The van der Waals surface area contributed by atoms with Crippen LogP contribution in [0.25, 0.3) is 0 Å². The second kappa shape index (κ2) is 6.76. The zero-order valence-corrected chi connectivity index (χ0v) is 13.1. The van der Waals surface area contributed by atoms with Crippen molar-refractivity contribution in [2.45, 2.75) is 12.5 Å². The summed E-state index contributed by atoms with van der Waals surface area (Å²) in [7, 11) is 0. The average molecular weight is 335 g/mol. The molecule has 0 heterocycles. The Morgan fingerprint density at radius 3 is 2.57 bits per heavy atom. The molecule has 2 aromatic carbocycles. The molecule has 1 amide bonds. The zero-order chi connectivity index (χ0) is 17.0. The number of hydrogen-bond acceptors (Lipinski definition) is 4. The SMILES string of the molecule is CC(O)(CNC(=O)c1cc(Cl)ccc1[N+](=O)[O-])c1ccccc1. The van der Waals surface area contributed by atoms with Crippen molar-refractivity contribution < 1.29 is 14.8 Å². The lowest BCUT2D eigenvalue weighted by atomic mass is 9.96. The number of hydrogen-bond donors (Lipinski definition) is 2. The number of carbonyl (C=O) groups is 1. The van der Waals surface area contributed by atoms with Crippen LogP contribution in [0.1, 0.15) is 22.8 Å². The molecule has 0 saturated heterocycles. The minimum absolute atomic E-state index is 0.0977. The predicted molar refractivity (Wildman–Crippen MR) is 86.5 cm³/mol. The van der Waals surface area contributed by atoms with Crippen molar-refractivity contribution in [1.29, 1.82) is 0 Å². The molecular formula is C16H15ClN2O4. The largest absolute Gasteiger partial charge is 0.384 e. The lowest BCUT2D eigenvalue weighted by Crippen LogP contribution is -2.38. The number of amides is 1. The number of aliphatic hydroxyl groups is 1. The Kier molecular flexibility index (Phi) is 4.98. The summed E-state index contributed by atoms with van der Waals surface area (Å²) < 4.78 is 0. The van der Waals surface area contributed by atoms with E-state index in [9.17, 15) is 20.0 Å². The Hall–Kier alpha value is -2.44. The van der Waals surface area contributed by atoms with Gasteiger partial charge < -0.3 is 10.4 Å². The van der Waals surface area contributed by atoms with E-state index in [1.165, 1.54) is 18.2 Å². The molecule has 23 heavy (non-hydrogen) atoms. The van der Waals surface area contributed by atoms with Crippen molar-refractivity contribution in [3.05, 3.63) is 74.8 Å². The van der Waals surface area contributed by atoms with Crippen molar-refractivity contribution >= 4 is 23.2 Å². The van der Waals surface area contributed by atoms with Crippen LogP contribution in [0.4, 0.5) is 5.69 Å². The topological polar surface area (TPSA) is 92.5 Å². The molecule has 6 nitrogen and oxygen atoms in total. The van der Waals surface area contributed by atoms with Crippen LogP contribution in [0, 0.1) is 10.1 Å². The van der Waals surface area contributed by atoms with E-state index in [2.05, 4.69) is 5.32 Å². The highest BCUT2D eigenvalue weighted by Gasteiger charge is 2.26. The minimum Gasteiger partial charge on any atom is -0.384 e. The smallest absolute Gasteiger partial charge is 0.282 e. The molecule has 0 aliphatic carbocycles. The number of halogens is 1. The molecule has 120 valence electrons. The fraction of sp³-hybridized carbons (Fsp3) is 0.188. The van der Waals surface area contributed by atoms with Gasteiger partial charge in [0.25, 0.3) is 11.6 Å². The lowest BCUT2D eigenvalue weighted by Gasteiger charge is -2.24. The van der Waals surface area contributed by atoms with Crippen molar-refractivity contribution in [1.82, 2.24) is 5.32 Å². The van der Waals surface area contributed by atoms with Crippen LogP contribution in [0.5, 0.6) is 0 Å². The number of carbonyl (C=O) groups excluding carboxylic acids is 1. The molecule has 0 spiro atoms. The van der Waals surface area contributed by atoms with Crippen molar-refractivity contribution in [2.24, 2.45) is 0 Å². The van der Waals surface area contributed by atoms with Gasteiger partial charge >= 0.3 is 0 Å². The first-order valence-electron chi connectivity index (χ1n) is 6.81. The van der Waals surface area contributed by atoms with E-state index in [0.29, 0.717) is 5.56 Å². The second-order valence-corrected chi connectivity index (χ2v) is 5.68. The van der Waals surface area contributed by atoms with Gasteiger partial charge in [-0.05, 0) is 24.6 Å². The molecule has 0 aromatic heterocycles. The molecule has 0 bridgehead atoms. The third-order valence-corrected chi connectivity index (χ3v) is 3.62. The van der Waals surface area contributed by atoms with Crippen LogP contribution in [0.15, 0.2) is 48.5 Å². The third kappa shape index (κ3) is 4.06. The summed E-state index contributed by atoms with van der Waals surface area (Å²) in [6.45, 7) is 1.45. The molecule has 0 aliphatic heterocycles. The average Bonchev–Trinajstić information content (AvgIpc) is 2.53. The van der Waals surface area contributed by atoms with Crippen LogP contribution >= 0.6 is 11.6 Å². The molecule has 2 aromatic rings. The minimum atomic E-state index is -1.30. The fourth-order valence-electron chi connectivity index (χ4n) is 2.10. The maximum Gasteiger partial charge on any atom is 0.282 e. The number of nitrogens with zero attached hydrogens (tertiary/aromatic N) is 1. The standard InChI is InChI=1S/C16H15ClN2O4/c1-16(21,11-5-3-2-4-6-11)10-18-15(20)13-9-12(17)7-8-14(13)19(22)23/h2-9,21H,10H2,1H3,(H,18,20). The van der Waals surface area contributed by atoms with E-state index >= 15 is 0 Å². The summed E-state index contributed by atoms with van der Waals surface area (Å²) >= 11 is 5.80. The predicted octanol–water partition coefficient (Wildman–Crippen LogP) is 2.89. The van der Waals surface area contributed by atoms with Crippen molar-refractivity contribution in [3.8, 4) is 0 Å².